The molecule has 96 valence electrons. The molecule has 2 nitrogen and oxygen atoms in total. The molecule has 3 heteroatoms. The first kappa shape index (κ1) is 12.3. The van der Waals surface area contributed by atoms with Crippen LogP contribution >= 0.6 is 11.8 Å². The van der Waals surface area contributed by atoms with E-state index in [4.69, 9.17) is 4.74 Å². The number of hydrogen-bond donors (Lipinski definition) is 0. The van der Waals surface area contributed by atoms with Crippen LogP contribution in [0.25, 0.3) is 0 Å². The Morgan fingerprint density at radius 2 is 1.95 bits per heavy atom. The third-order valence-electron chi connectivity index (χ3n) is 3.32. The van der Waals surface area contributed by atoms with Gasteiger partial charge in [0.15, 0.2) is 5.78 Å². The Morgan fingerprint density at radius 1 is 1.16 bits per heavy atom. The highest BCUT2D eigenvalue weighted by Crippen LogP contribution is 2.41. The van der Waals surface area contributed by atoms with E-state index in [1.165, 1.54) is 0 Å². The van der Waals surface area contributed by atoms with Crippen molar-refractivity contribution in [1.29, 1.82) is 0 Å². The molecule has 0 amide bonds. The van der Waals surface area contributed by atoms with E-state index in [0.717, 1.165) is 28.2 Å². The van der Waals surface area contributed by atoms with Crippen LogP contribution in [0.3, 0.4) is 0 Å². The van der Waals surface area contributed by atoms with Gasteiger partial charge in [-0.15, -0.1) is 11.8 Å². The van der Waals surface area contributed by atoms with Gasteiger partial charge in [0.25, 0.3) is 0 Å². The topological polar surface area (TPSA) is 26.3 Å². The Balaban J connectivity index is 1.97. The van der Waals surface area contributed by atoms with E-state index in [9.17, 15) is 4.79 Å². The van der Waals surface area contributed by atoms with Crippen LogP contribution in [0.4, 0.5) is 0 Å². The lowest BCUT2D eigenvalue weighted by Gasteiger charge is -2.23. The molecule has 1 aliphatic rings. The van der Waals surface area contributed by atoms with Crippen LogP contribution in [-0.4, -0.2) is 12.9 Å². The van der Waals surface area contributed by atoms with Gasteiger partial charge in [-0.2, -0.15) is 0 Å². The highest BCUT2D eigenvalue weighted by Gasteiger charge is 2.29. The van der Waals surface area contributed by atoms with Crippen molar-refractivity contribution in [2.75, 3.05) is 7.11 Å². The van der Waals surface area contributed by atoms with Gasteiger partial charge >= 0.3 is 0 Å². The lowest BCUT2D eigenvalue weighted by atomic mass is 9.98. The van der Waals surface area contributed by atoms with Gasteiger partial charge in [0.2, 0.25) is 0 Å². The number of hydrogen-bond acceptors (Lipinski definition) is 3. The molecular weight excluding hydrogens is 256 g/mol. The first-order valence-electron chi connectivity index (χ1n) is 6.17. The van der Waals surface area contributed by atoms with Crippen LogP contribution in [0.2, 0.25) is 0 Å². The third kappa shape index (κ3) is 2.26. The van der Waals surface area contributed by atoms with Crippen LogP contribution < -0.4 is 4.74 Å². The zero-order chi connectivity index (χ0) is 13.2. The molecule has 0 N–H and O–H groups in total. The minimum absolute atomic E-state index is 0.0814. The normalized spacial score (nSPS) is 17.9. The first-order valence-corrected chi connectivity index (χ1v) is 7.22. The van der Waals surface area contributed by atoms with Crippen molar-refractivity contribution >= 4 is 17.5 Å². The Hall–Kier alpha value is -1.74. The Kier molecular flexibility index (Phi) is 3.30. The summed E-state index contributed by atoms with van der Waals surface area (Å²) in [6.07, 6.45) is 0. The maximum absolute atomic E-state index is 12.6. The highest BCUT2D eigenvalue weighted by atomic mass is 32.2. The van der Waals surface area contributed by atoms with Gasteiger partial charge in [0.05, 0.1) is 12.4 Å². The number of methoxy groups -OCH3 is 1. The van der Waals surface area contributed by atoms with E-state index in [-0.39, 0.29) is 11.0 Å². The molecule has 1 heterocycles. The molecule has 19 heavy (non-hydrogen) atoms. The number of fused-ring (bicyclic) bond motifs is 1. The third-order valence-corrected chi connectivity index (χ3v) is 4.62. The Labute approximate surface area is 116 Å². The molecule has 0 radical (unpaired) electrons. The van der Waals surface area contributed by atoms with Gasteiger partial charge in [0.1, 0.15) is 5.75 Å². The van der Waals surface area contributed by atoms with Crippen molar-refractivity contribution in [1.82, 2.24) is 0 Å². The van der Waals surface area contributed by atoms with Crippen LogP contribution in [0.15, 0.2) is 48.5 Å². The van der Waals surface area contributed by atoms with Crippen molar-refractivity contribution in [3.63, 3.8) is 0 Å². The lowest BCUT2D eigenvalue weighted by Crippen LogP contribution is -2.17. The van der Waals surface area contributed by atoms with Crippen molar-refractivity contribution < 1.29 is 9.53 Å². The van der Waals surface area contributed by atoms with Gasteiger partial charge in [-0.05, 0) is 29.3 Å². The summed E-state index contributed by atoms with van der Waals surface area (Å²) in [5.74, 6) is 1.85. The monoisotopic (exact) mass is 270 g/mol. The molecule has 2 aromatic carbocycles. The van der Waals surface area contributed by atoms with E-state index >= 15 is 0 Å². The number of thioether (sulfide) groups is 1. The van der Waals surface area contributed by atoms with Gasteiger partial charge in [0, 0.05) is 11.3 Å². The number of Topliss-reactive ketones (excluding diaryl/α,β-unsaturated/α-hetero) is 1. The second-order valence-corrected chi connectivity index (χ2v) is 5.58. The summed E-state index contributed by atoms with van der Waals surface area (Å²) in [6.45, 7) is 0. The fourth-order valence-electron chi connectivity index (χ4n) is 2.32. The van der Waals surface area contributed by atoms with E-state index in [0.29, 0.717) is 0 Å². The zero-order valence-electron chi connectivity index (χ0n) is 10.6. The maximum atomic E-state index is 12.6. The van der Waals surface area contributed by atoms with Crippen molar-refractivity contribution in [3.05, 3.63) is 65.2 Å². The number of carbonyl (C=O) groups is 1. The number of ether oxygens (including phenoxy) is 1. The molecule has 1 atom stereocenters. The molecule has 0 spiro atoms. The predicted octanol–water partition coefficient (Wildman–Crippen LogP) is 3.87. The minimum atomic E-state index is -0.0814. The number of ketones is 1. The highest BCUT2D eigenvalue weighted by molar-refractivity contribution is 7.99. The quantitative estimate of drug-likeness (QED) is 0.828. The molecule has 3 rings (SSSR count). The Bertz CT molecular complexity index is 607. The molecule has 0 unspecified atom stereocenters. The second kappa shape index (κ2) is 5.10. The van der Waals surface area contributed by atoms with Crippen LogP contribution in [0.5, 0.6) is 5.75 Å². The van der Waals surface area contributed by atoms with E-state index in [1.807, 2.05) is 48.5 Å². The van der Waals surface area contributed by atoms with E-state index < -0.39 is 0 Å². The molecule has 0 saturated heterocycles. The van der Waals surface area contributed by atoms with Gasteiger partial charge in [-0.3, -0.25) is 4.79 Å². The van der Waals surface area contributed by atoms with Crippen LogP contribution in [0.1, 0.15) is 26.7 Å². The van der Waals surface area contributed by atoms with Crippen LogP contribution in [-0.2, 0) is 5.75 Å². The fraction of sp³-hybridized carbons (Fsp3) is 0.188. The lowest BCUT2D eigenvalue weighted by molar-refractivity contribution is 0.0987. The summed E-state index contributed by atoms with van der Waals surface area (Å²) in [7, 11) is 1.65. The summed E-state index contributed by atoms with van der Waals surface area (Å²) in [5.41, 5.74) is 2.98. The number of rotatable bonds is 2. The molecule has 0 aliphatic carbocycles. The van der Waals surface area contributed by atoms with Gasteiger partial charge in [-0.25, -0.2) is 0 Å². The number of benzene rings is 2. The maximum Gasteiger partial charge on any atom is 0.180 e. The predicted molar refractivity (Wildman–Crippen MR) is 77.8 cm³/mol. The Morgan fingerprint density at radius 3 is 2.68 bits per heavy atom. The molecule has 0 fully saturated rings. The molecular formula is C16H14O2S. The van der Waals surface area contributed by atoms with Crippen molar-refractivity contribution in [2.24, 2.45) is 0 Å². The fourth-order valence-corrected chi connectivity index (χ4v) is 3.54. The minimum Gasteiger partial charge on any atom is -0.497 e. The average molecular weight is 270 g/mol. The van der Waals surface area contributed by atoms with E-state index in [2.05, 4.69) is 0 Å². The molecule has 1 aliphatic heterocycles. The average Bonchev–Trinajstić information content (AvgIpc) is 2.48. The zero-order valence-corrected chi connectivity index (χ0v) is 11.4. The van der Waals surface area contributed by atoms with Crippen molar-refractivity contribution in [2.45, 2.75) is 11.0 Å². The summed E-state index contributed by atoms with van der Waals surface area (Å²) < 4.78 is 5.21. The van der Waals surface area contributed by atoms with Gasteiger partial charge in [-0.1, -0.05) is 30.3 Å². The largest absolute Gasteiger partial charge is 0.497 e. The van der Waals surface area contributed by atoms with Crippen LogP contribution in [0, 0.1) is 0 Å². The van der Waals surface area contributed by atoms with Gasteiger partial charge < -0.3 is 4.74 Å². The standard InChI is InChI=1S/C16H14O2S/c1-18-13-7-8-14-12(9-13)10-19-16(15(14)17)11-5-3-2-4-6-11/h2-9,16H,10H2,1H3/t16-/m0/s1. The first-order chi connectivity index (χ1) is 9.29. The summed E-state index contributed by atoms with van der Waals surface area (Å²) >= 11 is 1.68. The van der Waals surface area contributed by atoms with E-state index in [1.54, 1.807) is 18.9 Å². The molecule has 2 aromatic rings. The summed E-state index contributed by atoms with van der Waals surface area (Å²) in [6, 6.07) is 15.7. The molecule has 0 aromatic heterocycles. The van der Waals surface area contributed by atoms with Crippen molar-refractivity contribution in [3.8, 4) is 5.75 Å². The SMILES string of the molecule is COc1ccc2c(c1)CS[C@@H](c1ccccc1)C2=O. The second-order valence-electron chi connectivity index (χ2n) is 4.49. The summed E-state index contributed by atoms with van der Waals surface area (Å²) in [4.78, 5) is 12.6. The summed E-state index contributed by atoms with van der Waals surface area (Å²) in [5, 5.41) is -0.0814. The molecule has 0 bridgehead atoms. The number of carbonyl (C=O) groups excluding carboxylic acids is 1. The molecule has 0 saturated carbocycles. The smallest absolute Gasteiger partial charge is 0.180 e.